The molecule has 2 aromatic carbocycles. The van der Waals surface area contributed by atoms with Crippen LogP contribution in [0.5, 0.6) is 0 Å². The van der Waals surface area contributed by atoms with E-state index in [9.17, 15) is 9.59 Å². The third-order valence-electron chi connectivity index (χ3n) is 3.71. The Bertz CT molecular complexity index is 791. The van der Waals surface area contributed by atoms with Crippen LogP contribution < -0.4 is 5.32 Å². The van der Waals surface area contributed by atoms with Crippen LogP contribution in [0.1, 0.15) is 15.9 Å². The van der Waals surface area contributed by atoms with E-state index in [2.05, 4.69) is 5.32 Å². The fourth-order valence-corrected chi connectivity index (χ4v) is 2.95. The number of amides is 2. The van der Waals surface area contributed by atoms with Crippen LogP contribution in [0.4, 0.5) is 0 Å². The smallest absolute Gasteiger partial charge is 0.268 e. The van der Waals surface area contributed by atoms with Gasteiger partial charge in [-0.2, -0.15) is 0 Å². The molecule has 6 heteroatoms. The summed E-state index contributed by atoms with van der Waals surface area (Å²) in [5.74, 6) is -0.722. The van der Waals surface area contributed by atoms with Gasteiger partial charge in [0, 0.05) is 12.1 Å². The molecule has 2 amide bonds. The van der Waals surface area contributed by atoms with E-state index in [-0.39, 0.29) is 16.0 Å². The maximum absolute atomic E-state index is 12.4. The first kappa shape index (κ1) is 16.6. The van der Waals surface area contributed by atoms with E-state index >= 15 is 0 Å². The van der Waals surface area contributed by atoms with E-state index in [1.165, 1.54) is 4.90 Å². The Morgan fingerprint density at radius 1 is 1.00 bits per heavy atom. The molecule has 1 unspecified atom stereocenters. The van der Waals surface area contributed by atoms with Crippen molar-refractivity contribution in [2.24, 2.45) is 0 Å². The van der Waals surface area contributed by atoms with Crippen molar-refractivity contribution in [3.63, 3.8) is 0 Å². The third-order valence-corrected chi connectivity index (χ3v) is 4.57. The van der Waals surface area contributed by atoms with Gasteiger partial charge >= 0.3 is 0 Å². The van der Waals surface area contributed by atoms with Crippen LogP contribution in [0.2, 0.25) is 0 Å². The van der Waals surface area contributed by atoms with E-state index in [4.69, 9.17) is 23.2 Å². The summed E-state index contributed by atoms with van der Waals surface area (Å²) in [5, 5.41) is 2.83. The number of carbonyl (C=O) groups excluding carboxylic acids is 2. The van der Waals surface area contributed by atoms with Crippen molar-refractivity contribution in [1.29, 1.82) is 0 Å². The topological polar surface area (TPSA) is 49.4 Å². The summed E-state index contributed by atoms with van der Waals surface area (Å²) in [6.45, 7) is 0.297. The number of benzene rings is 2. The zero-order valence-corrected chi connectivity index (χ0v) is 14.1. The number of halogens is 2. The summed E-state index contributed by atoms with van der Waals surface area (Å²) in [6.07, 6.45) is -0.778. The van der Waals surface area contributed by atoms with Crippen LogP contribution in [-0.4, -0.2) is 22.9 Å². The molecule has 122 valence electrons. The molecule has 0 saturated carbocycles. The second kappa shape index (κ2) is 7.07. The van der Waals surface area contributed by atoms with Gasteiger partial charge in [-0.1, -0.05) is 71.7 Å². The maximum atomic E-state index is 12.4. The fourth-order valence-electron chi connectivity index (χ4n) is 2.48. The van der Waals surface area contributed by atoms with Crippen LogP contribution in [0.25, 0.3) is 0 Å². The Labute approximate surface area is 149 Å². The predicted octanol–water partition coefficient (Wildman–Crippen LogP) is 3.47. The molecule has 1 N–H and O–H groups in total. The minimum absolute atomic E-state index is 0.0639. The van der Waals surface area contributed by atoms with Gasteiger partial charge in [-0.3, -0.25) is 9.59 Å². The molecule has 0 saturated heterocycles. The molecule has 4 nitrogen and oxygen atoms in total. The highest BCUT2D eigenvalue weighted by atomic mass is 35.5. The van der Waals surface area contributed by atoms with Crippen LogP contribution in [0.3, 0.4) is 0 Å². The maximum Gasteiger partial charge on any atom is 0.268 e. The van der Waals surface area contributed by atoms with Gasteiger partial charge in [0.15, 0.2) is 0 Å². The second-order valence-electron chi connectivity index (χ2n) is 5.32. The molecule has 2 aromatic rings. The number of hydrogen-bond acceptors (Lipinski definition) is 2. The zero-order valence-electron chi connectivity index (χ0n) is 12.6. The molecule has 0 bridgehead atoms. The molecule has 0 spiro atoms. The monoisotopic (exact) mass is 360 g/mol. The van der Waals surface area contributed by atoms with Crippen molar-refractivity contribution in [2.45, 2.75) is 12.7 Å². The summed E-state index contributed by atoms with van der Waals surface area (Å²) in [7, 11) is 0. The van der Waals surface area contributed by atoms with Gasteiger partial charge < -0.3 is 10.2 Å². The Morgan fingerprint density at radius 3 is 2.21 bits per heavy atom. The van der Waals surface area contributed by atoms with Crippen LogP contribution in [0, 0.1) is 0 Å². The molecule has 3 rings (SSSR count). The highest BCUT2D eigenvalue weighted by Gasteiger charge is 2.38. The Morgan fingerprint density at radius 2 is 1.58 bits per heavy atom. The molecule has 1 heterocycles. The molecule has 1 aliphatic heterocycles. The first-order valence-corrected chi connectivity index (χ1v) is 8.09. The van der Waals surface area contributed by atoms with E-state index in [1.54, 1.807) is 24.3 Å². The summed E-state index contributed by atoms with van der Waals surface area (Å²) < 4.78 is 0. The van der Waals surface area contributed by atoms with Gasteiger partial charge in [0.1, 0.15) is 11.2 Å². The fraction of sp³-hybridized carbons (Fsp3) is 0.111. The van der Waals surface area contributed by atoms with Crippen molar-refractivity contribution in [3.05, 3.63) is 81.9 Å². The molecule has 1 aliphatic rings. The first-order valence-electron chi connectivity index (χ1n) is 7.34. The van der Waals surface area contributed by atoms with Gasteiger partial charge in [-0.05, 0) is 17.7 Å². The van der Waals surface area contributed by atoms with Crippen molar-refractivity contribution < 1.29 is 9.59 Å². The number of nitrogens with one attached hydrogen (secondary N) is 1. The number of nitrogens with zero attached hydrogens (tertiary/aromatic N) is 1. The number of carbonyl (C=O) groups is 2. The normalized spacial score (nSPS) is 17.3. The summed E-state index contributed by atoms with van der Waals surface area (Å²) in [6, 6.07) is 18.2. The van der Waals surface area contributed by atoms with E-state index in [0.717, 1.165) is 5.56 Å². The van der Waals surface area contributed by atoms with Crippen molar-refractivity contribution >= 4 is 35.0 Å². The van der Waals surface area contributed by atoms with Gasteiger partial charge in [0.2, 0.25) is 0 Å². The second-order valence-corrected chi connectivity index (χ2v) is 6.11. The lowest BCUT2D eigenvalue weighted by Crippen LogP contribution is -2.46. The van der Waals surface area contributed by atoms with Crippen LogP contribution in [0.15, 0.2) is 70.7 Å². The molecule has 0 aromatic heterocycles. The minimum Gasteiger partial charge on any atom is -0.327 e. The van der Waals surface area contributed by atoms with E-state index in [0.29, 0.717) is 12.1 Å². The SMILES string of the molecule is O=C(NC1C(Cl)=C(Cl)C(=O)N1Cc1ccccc1)c1ccccc1. The lowest BCUT2D eigenvalue weighted by Gasteiger charge is -2.26. The Kier molecular flexibility index (Phi) is 4.88. The molecule has 1 atom stereocenters. The van der Waals surface area contributed by atoms with Gasteiger partial charge in [0.25, 0.3) is 11.8 Å². The summed E-state index contributed by atoms with van der Waals surface area (Å²) >= 11 is 12.2. The summed E-state index contributed by atoms with van der Waals surface area (Å²) in [4.78, 5) is 26.2. The predicted molar refractivity (Wildman–Crippen MR) is 93.4 cm³/mol. The molecular formula is C18H14Cl2N2O2. The van der Waals surface area contributed by atoms with Crippen molar-refractivity contribution in [2.75, 3.05) is 0 Å². The van der Waals surface area contributed by atoms with Crippen molar-refractivity contribution in [1.82, 2.24) is 10.2 Å². The number of rotatable bonds is 4. The quantitative estimate of drug-likeness (QED) is 0.907. The highest BCUT2D eigenvalue weighted by Crippen LogP contribution is 2.31. The van der Waals surface area contributed by atoms with Crippen molar-refractivity contribution in [3.8, 4) is 0 Å². The third kappa shape index (κ3) is 3.30. The molecular weight excluding hydrogens is 347 g/mol. The standard InChI is InChI=1S/C18H14Cl2N2O2/c19-14-15(20)18(24)22(11-12-7-3-1-4-8-12)16(14)21-17(23)13-9-5-2-6-10-13/h1-10,16H,11H2,(H,21,23). The zero-order chi connectivity index (χ0) is 17.1. The largest absolute Gasteiger partial charge is 0.327 e. The highest BCUT2D eigenvalue weighted by molar-refractivity contribution is 6.49. The molecule has 0 radical (unpaired) electrons. The molecule has 0 aliphatic carbocycles. The van der Waals surface area contributed by atoms with E-state index in [1.807, 2.05) is 36.4 Å². The van der Waals surface area contributed by atoms with Gasteiger partial charge in [0.05, 0.1) is 5.03 Å². The number of hydrogen-bond donors (Lipinski definition) is 1. The first-order chi connectivity index (χ1) is 11.6. The lowest BCUT2D eigenvalue weighted by molar-refractivity contribution is -0.127. The molecule has 24 heavy (non-hydrogen) atoms. The average Bonchev–Trinajstić information content (AvgIpc) is 2.81. The van der Waals surface area contributed by atoms with Crippen LogP contribution in [-0.2, 0) is 11.3 Å². The van der Waals surface area contributed by atoms with Crippen LogP contribution >= 0.6 is 23.2 Å². The minimum atomic E-state index is -0.778. The van der Waals surface area contributed by atoms with E-state index < -0.39 is 12.1 Å². The Hall–Kier alpha value is -2.30. The van der Waals surface area contributed by atoms with Gasteiger partial charge in [-0.25, -0.2) is 0 Å². The summed E-state index contributed by atoms with van der Waals surface area (Å²) in [5.41, 5.74) is 1.40. The average molecular weight is 361 g/mol. The molecule has 0 fully saturated rings. The van der Waals surface area contributed by atoms with Gasteiger partial charge in [-0.15, -0.1) is 0 Å². The Balaban J connectivity index is 1.82. The lowest BCUT2D eigenvalue weighted by atomic mass is 10.2.